The fourth-order valence-corrected chi connectivity index (χ4v) is 3.86. The van der Waals surface area contributed by atoms with Gasteiger partial charge in [-0.05, 0) is 54.0 Å². The average molecular weight is 457 g/mol. The van der Waals surface area contributed by atoms with Crippen LogP contribution in [0.4, 0.5) is 0 Å². The standard InChI is InChI=1S/C22H24N4O3S2/c1-17(25-26-22(30)23-14-13-18-6-3-2-4-7-18)19-9-11-21(12-10-19)31(27,28)24-16-20-8-5-15-29-20/h2-12,15,24-25H,1,13-14,16H2,(H2,23,26,30). The summed E-state index contributed by atoms with van der Waals surface area (Å²) in [5.41, 5.74) is 8.31. The Hall–Kier alpha value is -3.14. The molecule has 1 aromatic heterocycles. The number of rotatable bonds is 10. The van der Waals surface area contributed by atoms with E-state index in [4.69, 9.17) is 16.6 Å². The lowest BCUT2D eigenvalue weighted by molar-refractivity contribution is 0.498. The van der Waals surface area contributed by atoms with E-state index in [0.717, 1.165) is 12.0 Å². The van der Waals surface area contributed by atoms with Gasteiger partial charge in [-0.1, -0.05) is 49.0 Å². The van der Waals surface area contributed by atoms with E-state index >= 15 is 0 Å². The van der Waals surface area contributed by atoms with Crippen LogP contribution in [0.25, 0.3) is 5.70 Å². The highest BCUT2D eigenvalue weighted by molar-refractivity contribution is 7.89. The van der Waals surface area contributed by atoms with Crippen LogP contribution in [0.15, 0.2) is 88.9 Å². The second-order valence-electron chi connectivity index (χ2n) is 6.65. The van der Waals surface area contributed by atoms with Gasteiger partial charge >= 0.3 is 0 Å². The summed E-state index contributed by atoms with van der Waals surface area (Å²) in [5.74, 6) is 0.539. The zero-order chi connectivity index (χ0) is 22.1. The lowest BCUT2D eigenvalue weighted by atomic mass is 10.1. The fourth-order valence-electron chi connectivity index (χ4n) is 2.71. The number of furan rings is 1. The van der Waals surface area contributed by atoms with E-state index in [0.29, 0.717) is 23.1 Å². The molecule has 31 heavy (non-hydrogen) atoms. The van der Waals surface area contributed by atoms with Crippen LogP contribution in [0.3, 0.4) is 0 Å². The summed E-state index contributed by atoms with van der Waals surface area (Å²) in [7, 11) is -3.64. The molecule has 7 nitrogen and oxygen atoms in total. The molecule has 0 atom stereocenters. The van der Waals surface area contributed by atoms with Gasteiger partial charge in [0.15, 0.2) is 5.11 Å². The van der Waals surface area contributed by atoms with Gasteiger partial charge in [-0.2, -0.15) is 0 Å². The largest absolute Gasteiger partial charge is 0.468 e. The summed E-state index contributed by atoms with van der Waals surface area (Å²) in [6.45, 7) is 4.73. The molecule has 0 saturated heterocycles. The maximum absolute atomic E-state index is 12.4. The van der Waals surface area contributed by atoms with E-state index in [1.807, 2.05) is 18.2 Å². The van der Waals surface area contributed by atoms with Crippen LogP contribution < -0.4 is 20.9 Å². The zero-order valence-electron chi connectivity index (χ0n) is 16.8. The van der Waals surface area contributed by atoms with Crippen molar-refractivity contribution in [2.24, 2.45) is 0 Å². The van der Waals surface area contributed by atoms with Crippen molar-refractivity contribution in [3.8, 4) is 0 Å². The first-order valence-electron chi connectivity index (χ1n) is 9.59. The van der Waals surface area contributed by atoms with Crippen molar-refractivity contribution < 1.29 is 12.8 Å². The molecule has 0 unspecified atom stereocenters. The van der Waals surface area contributed by atoms with Crippen molar-refractivity contribution in [3.05, 3.63) is 96.5 Å². The second-order valence-corrected chi connectivity index (χ2v) is 8.82. The normalized spacial score (nSPS) is 11.0. The minimum Gasteiger partial charge on any atom is -0.468 e. The van der Waals surface area contributed by atoms with Gasteiger partial charge in [-0.15, -0.1) is 0 Å². The van der Waals surface area contributed by atoms with Crippen molar-refractivity contribution >= 4 is 33.1 Å². The number of nitrogens with one attached hydrogen (secondary N) is 4. The molecule has 3 rings (SSSR count). The first-order chi connectivity index (χ1) is 14.9. The molecule has 0 bridgehead atoms. The quantitative estimate of drug-likeness (QED) is 0.275. The SMILES string of the molecule is C=C(NNC(=S)NCCc1ccccc1)c1ccc(S(=O)(=O)NCc2ccco2)cc1. The third-order valence-electron chi connectivity index (χ3n) is 4.40. The Bertz CT molecular complexity index is 1100. The summed E-state index contributed by atoms with van der Waals surface area (Å²) in [6.07, 6.45) is 2.35. The van der Waals surface area contributed by atoms with Gasteiger partial charge in [0.1, 0.15) is 5.76 Å². The van der Waals surface area contributed by atoms with E-state index in [2.05, 4.69) is 39.6 Å². The molecule has 0 amide bonds. The molecule has 162 valence electrons. The molecule has 0 saturated carbocycles. The Balaban J connectivity index is 1.44. The Kier molecular flexibility index (Phi) is 7.82. The van der Waals surface area contributed by atoms with E-state index in [1.54, 1.807) is 24.3 Å². The number of benzene rings is 2. The van der Waals surface area contributed by atoms with Gasteiger partial charge in [0.05, 0.1) is 23.4 Å². The Morgan fingerprint density at radius 2 is 1.71 bits per heavy atom. The van der Waals surface area contributed by atoms with Crippen LogP contribution in [0.1, 0.15) is 16.9 Å². The summed E-state index contributed by atoms with van der Waals surface area (Å²) < 4.78 is 32.4. The number of hydrogen-bond donors (Lipinski definition) is 4. The van der Waals surface area contributed by atoms with Crippen molar-refractivity contribution in [3.63, 3.8) is 0 Å². The Labute approximate surface area is 187 Å². The summed E-state index contributed by atoms with van der Waals surface area (Å²) in [6, 6.07) is 19.9. The van der Waals surface area contributed by atoms with E-state index in [9.17, 15) is 8.42 Å². The lowest BCUT2D eigenvalue weighted by Gasteiger charge is -2.15. The second kappa shape index (κ2) is 10.8. The Morgan fingerprint density at radius 3 is 2.39 bits per heavy atom. The van der Waals surface area contributed by atoms with Crippen LogP contribution in [-0.2, 0) is 23.0 Å². The maximum Gasteiger partial charge on any atom is 0.240 e. The molecular formula is C22H24N4O3S2. The molecule has 0 aliphatic carbocycles. The number of sulfonamides is 1. The molecule has 9 heteroatoms. The van der Waals surface area contributed by atoms with Gasteiger partial charge in [0, 0.05) is 6.54 Å². The topological polar surface area (TPSA) is 95.4 Å². The van der Waals surface area contributed by atoms with Gasteiger partial charge in [0.2, 0.25) is 10.0 Å². The van der Waals surface area contributed by atoms with Crippen molar-refractivity contribution in [1.29, 1.82) is 0 Å². The number of thiocarbonyl (C=S) groups is 1. The van der Waals surface area contributed by atoms with Crippen molar-refractivity contribution in [1.82, 2.24) is 20.9 Å². The molecule has 0 aliphatic heterocycles. The molecule has 0 fully saturated rings. The van der Waals surface area contributed by atoms with Crippen LogP contribution in [0, 0.1) is 0 Å². The van der Waals surface area contributed by atoms with Crippen molar-refractivity contribution in [2.45, 2.75) is 17.9 Å². The molecule has 4 N–H and O–H groups in total. The highest BCUT2D eigenvalue weighted by Gasteiger charge is 2.14. The van der Waals surface area contributed by atoms with Crippen LogP contribution in [-0.4, -0.2) is 20.1 Å². The summed E-state index contributed by atoms with van der Waals surface area (Å²) >= 11 is 5.25. The number of hydrogen-bond acceptors (Lipinski definition) is 5. The molecule has 2 aromatic carbocycles. The highest BCUT2D eigenvalue weighted by Crippen LogP contribution is 2.15. The minimum atomic E-state index is -3.64. The zero-order valence-corrected chi connectivity index (χ0v) is 18.4. The predicted molar refractivity (Wildman–Crippen MR) is 125 cm³/mol. The summed E-state index contributed by atoms with van der Waals surface area (Å²) in [4.78, 5) is 0.154. The Morgan fingerprint density at radius 1 is 0.968 bits per heavy atom. The van der Waals surface area contributed by atoms with Crippen molar-refractivity contribution in [2.75, 3.05) is 6.54 Å². The maximum atomic E-state index is 12.4. The lowest BCUT2D eigenvalue weighted by Crippen LogP contribution is -2.43. The first kappa shape index (κ1) is 22.5. The van der Waals surface area contributed by atoms with Gasteiger partial charge in [-0.25, -0.2) is 13.1 Å². The van der Waals surface area contributed by atoms with Gasteiger partial charge in [-0.3, -0.25) is 10.9 Å². The highest BCUT2D eigenvalue weighted by atomic mass is 32.2. The molecule has 1 heterocycles. The fraction of sp³-hybridized carbons (Fsp3) is 0.136. The summed E-state index contributed by atoms with van der Waals surface area (Å²) in [5, 5.41) is 3.56. The van der Waals surface area contributed by atoms with Gasteiger partial charge in [0.25, 0.3) is 0 Å². The third-order valence-corrected chi connectivity index (χ3v) is 6.06. The van der Waals surface area contributed by atoms with E-state index in [-0.39, 0.29) is 11.4 Å². The molecule has 0 spiro atoms. The molecule has 0 aliphatic rings. The predicted octanol–water partition coefficient (Wildman–Crippen LogP) is 2.94. The smallest absolute Gasteiger partial charge is 0.240 e. The minimum absolute atomic E-state index is 0.0873. The molecule has 3 aromatic rings. The third kappa shape index (κ3) is 6.95. The molecule has 0 radical (unpaired) electrons. The van der Waals surface area contributed by atoms with Crippen LogP contribution in [0.2, 0.25) is 0 Å². The number of hydrazine groups is 1. The average Bonchev–Trinajstić information content (AvgIpc) is 3.31. The van der Waals surface area contributed by atoms with Gasteiger partial charge < -0.3 is 9.73 Å². The van der Waals surface area contributed by atoms with E-state index < -0.39 is 10.0 Å². The van der Waals surface area contributed by atoms with Crippen LogP contribution in [0.5, 0.6) is 0 Å². The molecular weight excluding hydrogens is 432 g/mol. The van der Waals surface area contributed by atoms with Crippen LogP contribution >= 0.6 is 12.2 Å². The monoisotopic (exact) mass is 456 g/mol. The first-order valence-corrected chi connectivity index (χ1v) is 11.5. The van der Waals surface area contributed by atoms with E-state index in [1.165, 1.54) is 24.0 Å².